The molecule has 2 aromatic carbocycles. The number of aliphatic hydroxyl groups excluding tert-OH is 1. The van der Waals surface area contributed by atoms with E-state index >= 15 is 0 Å². The molecule has 24 heavy (non-hydrogen) atoms. The fourth-order valence-corrected chi connectivity index (χ4v) is 3.52. The molecule has 1 heterocycles. The lowest BCUT2D eigenvalue weighted by Crippen LogP contribution is -2.09. The summed E-state index contributed by atoms with van der Waals surface area (Å²) in [6, 6.07) is 14.8. The highest BCUT2D eigenvalue weighted by atomic mass is 32.1. The number of nitrogens with zero attached hydrogens (tertiary/aromatic N) is 2. The van der Waals surface area contributed by atoms with Crippen LogP contribution in [0.15, 0.2) is 59.2 Å². The lowest BCUT2D eigenvalue weighted by molar-refractivity contribution is 0.104. The zero-order valence-electron chi connectivity index (χ0n) is 12.8. The number of aliphatic hydroxyl groups is 1. The molecular formula is C18H13N3O2S. The smallest absolute Gasteiger partial charge is 0.204 e. The number of benzene rings is 2. The van der Waals surface area contributed by atoms with Gasteiger partial charge in [0.1, 0.15) is 5.76 Å². The highest BCUT2D eigenvalue weighted by Crippen LogP contribution is 2.32. The van der Waals surface area contributed by atoms with Crippen molar-refractivity contribution in [1.29, 1.82) is 0 Å². The highest BCUT2D eigenvalue weighted by Gasteiger charge is 2.30. The Bertz CT molecular complexity index is 1000. The number of thiazole rings is 1. The van der Waals surface area contributed by atoms with E-state index in [1.807, 2.05) is 24.3 Å². The average molecular weight is 335 g/mol. The lowest BCUT2D eigenvalue weighted by Gasteiger charge is -2.01. The second kappa shape index (κ2) is 5.58. The molecule has 0 bridgehead atoms. The van der Waals surface area contributed by atoms with E-state index < -0.39 is 0 Å². The van der Waals surface area contributed by atoms with Gasteiger partial charge in [-0.1, -0.05) is 47.7 Å². The third-order valence-electron chi connectivity index (χ3n) is 3.87. The summed E-state index contributed by atoms with van der Waals surface area (Å²) in [4.78, 5) is 16.9. The molecule has 5 nitrogen and oxygen atoms in total. The molecule has 0 atom stereocenters. The number of para-hydroxylation sites is 1. The van der Waals surface area contributed by atoms with Crippen molar-refractivity contribution in [2.45, 2.75) is 6.92 Å². The van der Waals surface area contributed by atoms with Crippen LogP contribution in [0.4, 0.5) is 5.13 Å². The van der Waals surface area contributed by atoms with Crippen molar-refractivity contribution in [2.75, 3.05) is 5.43 Å². The van der Waals surface area contributed by atoms with Crippen molar-refractivity contribution >= 4 is 43.9 Å². The van der Waals surface area contributed by atoms with Crippen LogP contribution in [-0.2, 0) is 0 Å². The second-order valence-electron chi connectivity index (χ2n) is 5.39. The topological polar surface area (TPSA) is 74.6 Å². The molecule has 1 aliphatic rings. The van der Waals surface area contributed by atoms with Crippen LogP contribution < -0.4 is 5.43 Å². The average Bonchev–Trinajstić information content (AvgIpc) is 3.13. The monoisotopic (exact) mass is 335 g/mol. The van der Waals surface area contributed by atoms with Crippen molar-refractivity contribution in [3.63, 3.8) is 0 Å². The van der Waals surface area contributed by atoms with Gasteiger partial charge in [-0.3, -0.25) is 10.2 Å². The maximum absolute atomic E-state index is 12.5. The summed E-state index contributed by atoms with van der Waals surface area (Å²) in [6.07, 6.45) is 0. The van der Waals surface area contributed by atoms with Crippen molar-refractivity contribution in [3.05, 3.63) is 65.2 Å². The molecule has 0 fully saturated rings. The maximum Gasteiger partial charge on any atom is 0.204 e. The van der Waals surface area contributed by atoms with Crippen molar-refractivity contribution < 1.29 is 9.90 Å². The molecule has 0 saturated carbocycles. The molecule has 0 unspecified atom stereocenters. The zero-order valence-corrected chi connectivity index (χ0v) is 13.6. The predicted octanol–water partition coefficient (Wildman–Crippen LogP) is 4.25. The summed E-state index contributed by atoms with van der Waals surface area (Å²) < 4.78 is 1.05. The second-order valence-corrected chi connectivity index (χ2v) is 6.42. The van der Waals surface area contributed by atoms with Gasteiger partial charge in [0.25, 0.3) is 0 Å². The molecule has 3 aromatic rings. The number of allylic oxidation sites excluding steroid dienone is 1. The van der Waals surface area contributed by atoms with Crippen LogP contribution in [0.1, 0.15) is 22.8 Å². The third-order valence-corrected chi connectivity index (χ3v) is 4.81. The van der Waals surface area contributed by atoms with E-state index in [9.17, 15) is 9.90 Å². The first-order valence-electron chi connectivity index (χ1n) is 7.39. The van der Waals surface area contributed by atoms with Gasteiger partial charge in [-0.05, 0) is 19.1 Å². The molecule has 118 valence electrons. The van der Waals surface area contributed by atoms with Gasteiger partial charge in [0.05, 0.1) is 21.5 Å². The first-order valence-corrected chi connectivity index (χ1v) is 8.20. The first-order chi connectivity index (χ1) is 11.6. The molecule has 0 radical (unpaired) electrons. The number of hydrazone groups is 1. The van der Waals surface area contributed by atoms with E-state index in [1.165, 1.54) is 11.3 Å². The Kier molecular flexibility index (Phi) is 3.39. The molecule has 0 spiro atoms. The molecule has 1 aliphatic carbocycles. The van der Waals surface area contributed by atoms with Crippen LogP contribution in [0.25, 0.3) is 16.0 Å². The number of aromatic nitrogens is 1. The van der Waals surface area contributed by atoms with Gasteiger partial charge in [-0.25, -0.2) is 4.98 Å². The Morgan fingerprint density at radius 1 is 1.12 bits per heavy atom. The summed E-state index contributed by atoms with van der Waals surface area (Å²) in [5.74, 6) is -0.238. The lowest BCUT2D eigenvalue weighted by atomic mass is 10.1. The third kappa shape index (κ3) is 2.28. The SMILES string of the molecule is CC(=NNc1nc2ccccc2s1)C1=C(O)c2ccccc2C1=O. The molecule has 4 rings (SSSR count). The van der Waals surface area contributed by atoms with Gasteiger partial charge in [-0.15, -0.1) is 0 Å². The van der Waals surface area contributed by atoms with Gasteiger partial charge >= 0.3 is 0 Å². The predicted molar refractivity (Wildman–Crippen MR) is 96.7 cm³/mol. The van der Waals surface area contributed by atoms with Gasteiger partial charge in [-0.2, -0.15) is 5.10 Å². The number of fused-ring (bicyclic) bond motifs is 2. The van der Waals surface area contributed by atoms with Crippen LogP contribution in [0, 0.1) is 0 Å². The minimum atomic E-state index is -0.213. The Balaban J connectivity index is 1.64. The van der Waals surface area contributed by atoms with E-state index in [1.54, 1.807) is 31.2 Å². The Morgan fingerprint density at radius 2 is 1.83 bits per heavy atom. The Labute approximate surface area is 142 Å². The van der Waals surface area contributed by atoms with Gasteiger partial charge in [0, 0.05) is 11.1 Å². The van der Waals surface area contributed by atoms with Crippen LogP contribution in [-0.4, -0.2) is 21.6 Å². The molecule has 0 saturated heterocycles. The van der Waals surface area contributed by atoms with Crippen molar-refractivity contribution in [1.82, 2.24) is 4.98 Å². The summed E-state index contributed by atoms with van der Waals surface area (Å²) in [5, 5.41) is 15.2. The largest absolute Gasteiger partial charge is 0.506 e. The minimum Gasteiger partial charge on any atom is -0.506 e. The van der Waals surface area contributed by atoms with Crippen LogP contribution >= 0.6 is 11.3 Å². The first kappa shape index (κ1) is 14.6. The number of rotatable bonds is 3. The normalized spacial score (nSPS) is 14.4. The number of anilines is 1. The van der Waals surface area contributed by atoms with E-state index in [0.29, 0.717) is 22.0 Å². The van der Waals surface area contributed by atoms with Crippen LogP contribution in [0.5, 0.6) is 0 Å². The number of carbonyl (C=O) groups is 1. The number of nitrogens with one attached hydrogen (secondary N) is 1. The zero-order chi connectivity index (χ0) is 16.7. The van der Waals surface area contributed by atoms with E-state index in [0.717, 1.165) is 10.2 Å². The van der Waals surface area contributed by atoms with Gasteiger partial charge in [0.2, 0.25) is 5.13 Å². The van der Waals surface area contributed by atoms with Crippen molar-refractivity contribution in [3.8, 4) is 0 Å². The Hall–Kier alpha value is -2.99. The van der Waals surface area contributed by atoms with Crippen molar-refractivity contribution in [2.24, 2.45) is 5.10 Å². The highest BCUT2D eigenvalue weighted by molar-refractivity contribution is 7.22. The van der Waals surface area contributed by atoms with E-state index in [2.05, 4.69) is 15.5 Å². The van der Waals surface area contributed by atoms with Gasteiger partial charge in [0.15, 0.2) is 5.78 Å². The molecule has 6 heteroatoms. The number of hydrogen-bond acceptors (Lipinski definition) is 6. The number of carbonyl (C=O) groups excluding carboxylic acids is 1. The van der Waals surface area contributed by atoms with Gasteiger partial charge < -0.3 is 5.11 Å². The molecular weight excluding hydrogens is 322 g/mol. The summed E-state index contributed by atoms with van der Waals surface area (Å²) in [6.45, 7) is 1.69. The standard InChI is InChI=1S/C18H13N3O2S/c1-10(15-16(22)11-6-2-3-7-12(11)17(15)23)20-21-18-19-13-8-4-5-9-14(13)24-18/h2-9,22H,1H3,(H,19,21). The number of hydrogen-bond donors (Lipinski definition) is 2. The molecule has 0 aliphatic heterocycles. The molecule has 0 amide bonds. The Morgan fingerprint density at radius 3 is 2.58 bits per heavy atom. The fraction of sp³-hybridized carbons (Fsp3) is 0.0556. The number of Topliss-reactive ketones (excluding diaryl/α,β-unsaturated/α-hetero) is 1. The maximum atomic E-state index is 12.5. The summed E-state index contributed by atoms with van der Waals surface area (Å²) >= 11 is 1.48. The summed E-state index contributed by atoms with van der Waals surface area (Å²) in [5.41, 5.74) is 5.47. The number of ketones is 1. The van der Waals surface area contributed by atoms with Crippen LogP contribution in [0.3, 0.4) is 0 Å². The quantitative estimate of drug-likeness (QED) is 0.554. The van der Waals surface area contributed by atoms with E-state index in [4.69, 9.17) is 0 Å². The molecule has 1 aromatic heterocycles. The van der Waals surface area contributed by atoms with Crippen LogP contribution in [0.2, 0.25) is 0 Å². The summed E-state index contributed by atoms with van der Waals surface area (Å²) in [7, 11) is 0. The van der Waals surface area contributed by atoms with E-state index in [-0.39, 0.29) is 17.1 Å². The molecule has 2 N–H and O–H groups in total. The fourth-order valence-electron chi connectivity index (χ4n) is 2.71. The minimum absolute atomic E-state index is 0.0250.